The van der Waals surface area contributed by atoms with E-state index in [0.717, 1.165) is 11.4 Å². The van der Waals surface area contributed by atoms with E-state index >= 15 is 0 Å². The molecule has 1 aromatic rings. The van der Waals surface area contributed by atoms with Gasteiger partial charge in [0.15, 0.2) is 0 Å². The second kappa shape index (κ2) is 5.36. The molecule has 15 heavy (non-hydrogen) atoms. The molecule has 0 aliphatic heterocycles. The van der Waals surface area contributed by atoms with Gasteiger partial charge in [-0.1, -0.05) is 12.1 Å². The molecule has 0 radical (unpaired) electrons. The van der Waals surface area contributed by atoms with Gasteiger partial charge in [-0.2, -0.15) is 0 Å². The minimum Gasteiger partial charge on any atom is -0.376 e. The molecule has 1 amide bonds. The van der Waals surface area contributed by atoms with Crippen LogP contribution in [0, 0.1) is 0 Å². The highest BCUT2D eigenvalue weighted by Gasteiger charge is 2.06. The number of anilines is 2. The molecule has 0 spiro atoms. The Hall–Kier alpha value is -1.55. The van der Waals surface area contributed by atoms with E-state index in [1.807, 2.05) is 43.3 Å². The predicted octanol–water partition coefficient (Wildman–Crippen LogP) is 1.04. The van der Waals surface area contributed by atoms with Gasteiger partial charge in [0.2, 0.25) is 5.91 Å². The third-order valence-electron chi connectivity index (χ3n) is 2.03. The van der Waals surface area contributed by atoms with Gasteiger partial charge in [0.05, 0.1) is 11.4 Å². The van der Waals surface area contributed by atoms with Gasteiger partial charge in [0, 0.05) is 27.1 Å². The summed E-state index contributed by atoms with van der Waals surface area (Å²) in [4.78, 5) is 13.3. The van der Waals surface area contributed by atoms with E-state index in [2.05, 4.69) is 5.32 Å². The zero-order valence-corrected chi connectivity index (χ0v) is 9.16. The first-order valence-corrected chi connectivity index (χ1v) is 4.91. The molecule has 1 rings (SSSR count). The van der Waals surface area contributed by atoms with Gasteiger partial charge in [-0.3, -0.25) is 4.79 Å². The third kappa shape index (κ3) is 3.25. The summed E-state index contributed by atoms with van der Waals surface area (Å²) in [7, 11) is 3.88. The van der Waals surface area contributed by atoms with Crippen LogP contribution in [-0.2, 0) is 4.79 Å². The van der Waals surface area contributed by atoms with Crippen molar-refractivity contribution in [3.05, 3.63) is 24.3 Å². The fourth-order valence-corrected chi connectivity index (χ4v) is 1.31. The number of para-hydroxylation sites is 2. The van der Waals surface area contributed by atoms with Crippen LogP contribution in [-0.4, -0.2) is 26.5 Å². The lowest BCUT2D eigenvalue weighted by Crippen LogP contribution is -2.18. The average molecular weight is 207 g/mol. The first kappa shape index (κ1) is 11.5. The minimum absolute atomic E-state index is 0.0493. The van der Waals surface area contributed by atoms with E-state index < -0.39 is 0 Å². The minimum atomic E-state index is -0.0493. The fourth-order valence-electron chi connectivity index (χ4n) is 1.31. The number of carbonyl (C=O) groups excluding carboxylic acids is 1. The number of amides is 1. The van der Waals surface area contributed by atoms with E-state index in [0.29, 0.717) is 13.0 Å². The molecule has 0 heterocycles. The van der Waals surface area contributed by atoms with Crippen molar-refractivity contribution < 1.29 is 4.79 Å². The number of benzene rings is 1. The lowest BCUT2D eigenvalue weighted by molar-refractivity contribution is -0.116. The van der Waals surface area contributed by atoms with Crippen molar-refractivity contribution in [2.45, 2.75) is 6.42 Å². The van der Waals surface area contributed by atoms with Gasteiger partial charge in [-0.25, -0.2) is 0 Å². The molecular formula is C11H17N3O. The van der Waals surface area contributed by atoms with Crippen molar-refractivity contribution >= 4 is 17.3 Å². The maximum atomic E-state index is 11.4. The third-order valence-corrected chi connectivity index (χ3v) is 2.03. The smallest absolute Gasteiger partial charge is 0.225 e. The van der Waals surface area contributed by atoms with Crippen LogP contribution in [0.25, 0.3) is 0 Å². The first-order valence-electron chi connectivity index (χ1n) is 4.91. The molecule has 0 fully saturated rings. The molecule has 0 aliphatic carbocycles. The Bertz CT molecular complexity index is 336. The van der Waals surface area contributed by atoms with E-state index in [4.69, 9.17) is 5.73 Å². The van der Waals surface area contributed by atoms with Crippen molar-refractivity contribution in [2.75, 3.05) is 30.9 Å². The fraction of sp³-hybridized carbons (Fsp3) is 0.364. The molecule has 0 aliphatic rings. The van der Waals surface area contributed by atoms with Gasteiger partial charge >= 0.3 is 0 Å². The molecule has 3 N–H and O–H groups in total. The predicted molar refractivity (Wildman–Crippen MR) is 63.1 cm³/mol. The van der Waals surface area contributed by atoms with Gasteiger partial charge in [0.1, 0.15) is 0 Å². The van der Waals surface area contributed by atoms with E-state index in [9.17, 15) is 4.79 Å². The molecule has 4 heteroatoms. The summed E-state index contributed by atoms with van der Waals surface area (Å²) in [5, 5.41) is 2.83. The summed E-state index contributed by atoms with van der Waals surface area (Å²) >= 11 is 0. The van der Waals surface area contributed by atoms with Crippen molar-refractivity contribution in [1.82, 2.24) is 0 Å². The Kier molecular flexibility index (Phi) is 4.12. The topological polar surface area (TPSA) is 58.4 Å². The Labute approximate surface area is 90.1 Å². The number of nitrogens with two attached hydrogens (primary N) is 1. The van der Waals surface area contributed by atoms with Crippen LogP contribution in [0.2, 0.25) is 0 Å². The molecule has 0 saturated carbocycles. The number of rotatable bonds is 4. The monoisotopic (exact) mass is 207 g/mol. The molecule has 0 unspecified atom stereocenters. The van der Waals surface area contributed by atoms with Crippen LogP contribution >= 0.6 is 0 Å². The Morgan fingerprint density at radius 2 is 2.07 bits per heavy atom. The van der Waals surface area contributed by atoms with Crippen molar-refractivity contribution in [3.8, 4) is 0 Å². The summed E-state index contributed by atoms with van der Waals surface area (Å²) in [6.45, 7) is 0.371. The highest BCUT2D eigenvalue weighted by molar-refractivity contribution is 5.94. The summed E-state index contributed by atoms with van der Waals surface area (Å²) in [5.41, 5.74) is 7.12. The van der Waals surface area contributed by atoms with E-state index in [-0.39, 0.29) is 5.91 Å². The Balaban J connectivity index is 2.80. The molecule has 4 nitrogen and oxygen atoms in total. The summed E-state index contributed by atoms with van der Waals surface area (Å²) < 4.78 is 0. The SMILES string of the molecule is CN(C)c1ccccc1NC(=O)CCN. The molecule has 0 atom stereocenters. The number of nitrogens with zero attached hydrogens (tertiary/aromatic N) is 1. The van der Waals surface area contributed by atoms with Crippen LogP contribution < -0.4 is 16.0 Å². The normalized spacial score (nSPS) is 9.80. The van der Waals surface area contributed by atoms with Crippen LogP contribution in [0.4, 0.5) is 11.4 Å². The molecule has 0 saturated heterocycles. The van der Waals surface area contributed by atoms with Gasteiger partial charge in [0.25, 0.3) is 0 Å². The molecular weight excluding hydrogens is 190 g/mol. The second-order valence-corrected chi connectivity index (χ2v) is 3.50. The zero-order valence-electron chi connectivity index (χ0n) is 9.16. The van der Waals surface area contributed by atoms with Crippen molar-refractivity contribution in [3.63, 3.8) is 0 Å². The maximum absolute atomic E-state index is 11.4. The van der Waals surface area contributed by atoms with Gasteiger partial charge < -0.3 is 16.0 Å². The largest absolute Gasteiger partial charge is 0.376 e. The van der Waals surface area contributed by atoms with Crippen molar-refractivity contribution in [1.29, 1.82) is 0 Å². The van der Waals surface area contributed by atoms with E-state index in [1.165, 1.54) is 0 Å². The summed E-state index contributed by atoms with van der Waals surface area (Å²) in [5.74, 6) is -0.0493. The first-order chi connectivity index (χ1) is 7.15. The molecule has 0 aromatic heterocycles. The second-order valence-electron chi connectivity index (χ2n) is 3.50. The van der Waals surface area contributed by atoms with E-state index in [1.54, 1.807) is 0 Å². The standard InChI is InChI=1S/C11H17N3O/c1-14(2)10-6-4-3-5-9(10)13-11(15)7-8-12/h3-6H,7-8,12H2,1-2H3,(H,13,15). The average Bonchev–Trinajstić information content (AvgIpc) is 2.18. The highest BCUT2D eigenvalue weighted by Crippen LogP contribution is 2.23. The number of hydrogen-bond donors (Lipinski definition) is 2. The van der Waals surface area contributed by atoms with Crippen LogP contribution in [0.1, 0.15) is 6.42 Å². The zero-order chi connectivity index (χ0) is 11.3. The molecule has 0 bridgehead atoms. The number of hydrogen-bond acceptors (Lipinski definition) is 3. The number of carbonyl (C=O) groups is 1. The maximum Gasteiger partial charge on any atom is 0.225 e. The van der Waals surface area contributed by atoms with Gasteiger partial charge in [-0.15, -0.1) is 0 Å². The summed E-state index contributed by atoms with van der Waals surface area (Å²) in [6, 6.07) is 7.67. The lowest BCUT2D eigenvalue weighted by Gasteiger charge is -2.17. The summed E-state index contributed by atoms with van der Waals surface area (Å²) in [6.07, 6.45) is 0.349. The molecule has 82 valence electrons. The quantitative estimate of drug-likeness (QED) is 0.775. The molecule has 1 aromatic carbocycles. The Morgan fingerprint density at radius 3 is 2.67 bits per heavy atom. The lowest BCUT2D eigenvalue weighted by atomic mass is 10.2. The van der Waals surface area contributed by atoms with Crippen molar-refractivity contribution in [2.24, 2.45) is 5.73 Å². The number of nitrogens with one attached hydrogen (secondary N) is 1. The Morgan fingerprint density at radius 1 is 1.40 bits per heavy atom. The van der Waals surface area contributed by atoms with Crippen LogP contribution in [0.3, 0.4) is 0 Å². The van der Waals surface area contributed by atoms with Crippen LogP contribution in [0.15, 0.2) is 24.3 Å². The van der Waals surface area contributed by atoms with Crippen LogP contribution in [0.5, 0.6) is 0 Å². The van der Waals surface area contributed by atoms with Gasteiger partial charge in [-0.05, 0) is 12.1 Å². The highest BCUT2D eigenvalue weighted by atomic mass is 16.1.